The number of nitrogens with one attached hydrogen (secondary N) is 1. The van der Waals surface area contributed by atoms with Crippen LogP contribution >= 0.6 is 0 Å². The zero-order chi connectivity index (χ0) is 24.2. The van der Waals surface area contributed by atoms with Gasteiger partial charge in [-0.15, -0.1) is 5.10 Å². The van der Waals surface area contributed by atoms with Gasteiger partial charge >= 0.3 is 0 Å². The maximum absolute atomic E-state index is 13.5. The molecule has 5 rings (SSSR count). The molecule has 3 aromatic carbocycles. The highest BCUT2D eigenvalue weighted by atomic mass is 19.1. The molecule has 1 amide bonds. The normalized spacial score (nSPS) is 10.9. The molecule has 0 aliphatic rings. The molecule has 2 aromatic heterocycles. The van der Waals surface area contributed by atoms with Crippen LogP contribution in [0.4, 0.5) is 10.1 Å². The van der Waals surface area contributed by atoms with Gasteiger partial charge < -0.3 is 10.1 Å². The molecule has 174 valence electrons. The molecular weight excluding hydrogens is 451 g/mol. The third-order valence-electron chi connectivity index (χ3n) is 5.14. The van der Waals surface area contributed by atoms with Crippen LogP contribution in [0, 0.1) is 5.82 Å². The molecular formula is C25H19FN6O3. The second kappa shape index (κ2) is 9.56. The average molecular weight is 470 g/mol. The Labute approximate surface area is 198 Å². The summed E-state index contributed by atoms with van der Waals surface area (Å²) in [6, 6.07) is 22.3. The number of hydrogen-bond donors (Lipinski definition) is 1. The van der Waals surface area contributed by atoms with Crippen molar-refractivity contribution in [2.24, 2.45) is 0 Å². The number of carbonyl (C=O) groups is 1. The standard InChI is InChI=1S/C25H19FN6O3/c26-18-6-4-5-17(13-18)14-32-24-23(29-30-32)25(34)31(16-27-24)15-22(33)28-19-9-11-21(12-10-19)35-20-7-2-1-3-8-20/h1-13,16H,14-15H2,(H,28,33). The van der Waals surface area contributed by atoms with Crippen molar-refractivity contribution < 1.29 is 13.9 Å². The van der Waals surface area contributed by atoms with Crippen molar-refractivity contribution in [3.05, 3.63) is 107 Å². The van der Waals surface area contributed by atoms with Crippen LogP contribution < -0.4 is 15.6 Å². The summed E-state index contributed by atoms with van der Waals surface area (Å²) in [5.74, 6) is 0.560. The van der Waals surface area contributed by atoms with Gasteiger partial charge in [0.05, 0.1) is 6.54 Å². The lowest BCUT2D eigenvalue weighted by Crippen LogP contribution is -2.28. The summed E-state index contributed by atoms with van der Waals surface area (Å²) in [6.07, 6.45) is 1.27. The van der Waals surface area contributed by atoms with E-state index in [0.29, 0.717) is 22.7 Å². The molecule has 2 heterocycles. The van der Waals surface area contributed by atoms with E-state index in [9.17, 15) is 14.0 Å². The molecule has 0 unspecified atom stereocenters. The number of halogens is 1. The molecule has 0 radical (unpaired) electrons. The Morgan fingerprint density at radius 2 is 1.74 bits per heavy atom. The lowest BCUT2D eigenvalue weighted by molar-refractivity contribution is -0.116. The zero-order valence-electron chi connectivity index (χ0n) is 18.3. The molecule has 5 aromatic rings. The minimum Gasteiger partial charge on any atom is -0.457 e. The Morgan fingerprint density at radius 1 is 0.971 bits per heavy atom. The van der Waals surface area contributed by atoms with Crippen LogP contribution in [0.15, 0.2) is 90.0 Å². The van der Waals surface area contributed by atoms with Gasteiger partial charge in [0.1, 0.15) is 30.2 Å². The van der Waals surface area contributed by atoms with Crippen LogP contribution in [-0.2, 0) is 17.9 Å². The van der Waals surface area contributed by atoms with Crippen molar-refractivity contribution in [1.82, 2.24) is 24.5 Å². The van der Waals surface area contributed by atoms with Crippen LogP contribution in [0.25, 0.3) is 11.2 Å². The van der Waals surface area contributed by atoms with Gasteiger partial charge in [0.2, 0.25) is 5.91 Å². The van der Waals surface area contributed by atoms with Crippen LogP contribution in [0.5, 0.6) is 11.5 Å². The Balaban J connectivity index is 1.26. The lowest BCUT2D eigenvalue weighted by atomic mass is 10.2. The Kier molecular flexibility index (Phi) is 6.00. The number of hydrogen-bond acceptors (Lipinski definition) is 6. The highest BCUT2D eigenvalue weighted by molar-refractivity contribution is 5.90. The van der Waals surface area contributed by atoms with E-state index in [-0.39, 0.29) is 30.1 Å². The van der Waals surface area contributed by atoms with E-state index < -0.39 is 11.5 Å². The van der Waals surface area contributed by atoms with Crippen molar-refractivity contribution in [3.63, 3.8) is 0 Å². The molecule has 0 bridgehead atoms. The zero-order valence-corrected chi connectivity index (χ0v) is 18.3. The first-order valence-corrected chi connectivity index (χ1v) is 10.7. The number of carbonyl (C=O) groups excluding carboxylic acids is 1. The molecule has 0 aliphatic carbocycles. The largest absolute Gasteiger partial charge is 0.457 e. The summed E-state index contributed by atoms with van der Waals surface area (Å²) in [6.45, 7) is -0.0457. The van der Waals surface area contributed by atoms with Gasteiger partial charge in [0, 0.05) is 5.69 Å². The van der Waals surface area contributed by atoms with Crippen molar-refractivity contribution in [2.45, 2.75) is 13.1 Å². The van der Waals surface area contributed by atoms with E-state index in [1.54, 1.807) is 36.4 Å². The van der Waals surface area contributed by atoms with Gasteiger partial charge in [-0.1, -0.05) is 35.5 Å². The Morgan fingerprint density at radius 3 is 2.51 bits per heavy atom. The molecule has 1 N–H and O–H groups in total. The molecule has 35 heavy (non-hydrogen) atoms. The van der Waals surface area contributed by atoms with Crippen LogP contribution in [0.2, 0.25) is 0 Å². The molecule has 9 nitrogen and oxygen atoms in total. The number of aromatic nitrogens is 5. The number of nitrogens with zero attached hydrogens (tertiary/aromatic N) is 5. The fraction of sp³-hybridized carbons (Fsp3) is 0.0800. The van der Waals surface area contributed by atoms with E-state index in [1.165, 1.54) is 23.1 Å². The van der Waals surface area contributed by atoms with Gasteiger partial charge in [-0.05, 0) is 54.1 Å². The summed E-state index contributed by atoms with van der Waals surface area (Å²) < 4.78 is 21.8. The van der Waals surface area contributed by atoms with E-state index in [0.717, 1.165) is 4.57 Å². The Bertz CT molecular complexity index is 1550. The second-order valence-electron chi connectivity index (χ2n) is 7.71. The van der Waals surface area contributed by atoms with Gasteiger partial charge in [0.15, 0.2) is 11.2 Å². The highest BCUT2D eigenvalue weighted by Crippen LogP contribution is 2.22. The third-order valence-corrected chi connectivity index (χ3v) is 5.14. The Hall–Kier alpha value is -4.86. The lowest BCUT2D eigenvalue weighted by Gasteiger charge is -2.09. The number of benzene rings is 3. The fourth-order valence-corrected chi connectivity index (χ4v) is 3.50. The quantitative estimate of drug-likeness (QED) is 0.390. The third kappa shape index (κ3) is 5.06. The van der Waals surface area contributed by atoms with E-state index in [4.69, 9.17) is 4.74 Å². The summed E-state index contributed by atoms with van der Waals surface area (Å²) in [4.78, 5) is 29.6. The number of rotatable bonds is 7. The van der Waals surface area contributed by atoms with Crippen molar-refractivity contribution in [2.75, 3.05) is 5.32 Å². The first-order valence-electron chi connectivity index (χ1n) is 10.7. The second-order valence-corrected chi connectivity index (χ2v) is 7.71. The number of para-hydroxylation sites is 1. The van der Waals surface area contributed by atoms with Crippen LogP contribution in [-0.4, -0.2) is 30.5 Å². The van der Waals surface area contributed by atoms with Gasteiger partial charge in [-0.3, -0.25) is 14.2 Å². The van der Waals surface area contributed by atoms with E-state index >= 15 is 0 Å². The highest BCUT2D eigenvalue weighted by Gasteiger charge is 2.14. The van der Waals surface area contributed by atoms with Gasteiger partial charge in [-0.25, -0.2) is 14.1 Å². The fourth-order valence-electron chi connectivity index (χ4n) is 3.50. The maximum atomic E-state index is 13.5. The molecule has 0 saturated heterocycles. The monoisotopic (exact) mass is 470 g/mol. The van der Waals surface area contributed by atoms with Crippen molar-refractivity contribution in [1.29, 1.82) is 0 Å². The number of ether oxygens (including phenoxy) is 1. The number of fused-ring (bicyclic) bond motifs is 1. The molecule has 0 aliphatic heterocycles. The number of anilines is 1. The van der Waals surface area contributed by atoms with Crippen LogP contribution in [0.3, 0.4) is 0 Å². The summed E-state index contributed by atoms with van der Waals surface area (Å²) in [5, 5.41) is 10.6. The van der Waals surface area contributed by atoms with Crippen LogP contribution in [0.1, 0.15) is 5.56 Å². The molecule has 0 atom stereocenters. The summed E-state index contributed by atoms with van der Waals surface area (Å²) in [7, 11) is 0. The van der Waals surface area contributed by atoms with E-state index in [1.807, 2.05) is 30.3 Å². The summed E-state index contributed by atoms with van der Waals surface area (Å²) >= 11 is 0. The first kappa shape index (κ1) is 22.0. The maximum Gasteiger partial charge on any atom is 0.283 e. The molecule has 0 saturated carbocycles. The van der Waals surface area contributed by atoms with Gasteiger partial charge in [0.25, 0.3) is 5.56 Å². The minimum absolute atomic E-state index is 0.0270. The topological polar surface area (TPSA) is 104 Å². The average Bonchev–Trinajstić information content (AvgIpc) is 3.26. The van der Waals surface area contributed by atoms with E-state index in [2.05, 4.69) is 20.6 Å². The molecule has 10 heteroatoms. The first-order chi connectivity index (χ1) is 17.0. The molecule has 0 fully saturated rings. The molecule has 0 spiro atoms. The van der Waals surface area contributed by atoms with Crippen molar-refractivity contribution in [3.8, 4) is 11.5 Å². The minimum atomic E-state index is -0.498. The van der Waals surface area contributed by atoms with Crippen molar-refractivity contribution >= 4 is 22.8 Å². The predicted octanol–water partition coefficient (Wildman–Crippen LogP) is 3.61. The smallest absolute Gasteiger partial charge is 0.283 e. The number of amides is 1. The predicted molar refractivity (Wildman–Crippen MR) is 127 cm³/mol. The van der Waals surface area contributed by atoms with Gasteiger partial charge in [-0.2, -0.15) is 0 Å². The summed E-state index contributed by atoms with van der Waals surface area (Å²) in [5.41, 5.74) is 0.993. The SMILES string of the molecule is O=C(Cn1cnc2c(nnn2Cc2cccc(F)c2)c1=O)Nc1ccc(Oc2ccccc2)cc1.